The van der Waals surface area contributed by atoms with Crippen molar-refractivity contribution < 1.29 is 0 Å². The van der Waals surface area contributed by atoms with Crippen LogP contribution < -0.4 is 4.90 Å². The van der Waals surface area contributed by atoms with Gasteiger partial charge < -0.3 is 4.90 Å². The van der Waals surface area contributed by atoms with Crippen molar-refractivity contribution in [2.75, 3.05) is 4.90 Å². The molecule has 57 heavy (non-hydrogen) atoms. The Labute approximate surface area is 333 Å². The summed E-state index contributed by atoms with van der Waals surface area (Å²) < 4.78 is 2.53. The summed E-state index contributed by atoms with van der Waals surface area (Å²) >= 11 is 1.82. The molecule has 0 saturated carbocycles. The van der Waals surface area contributed by atoms with Crippen LogP contribution in [0.3, 0.4) is 0 Å². The highest BCUT2D eigenvalue weighted by Gasteiger charge is 2.38. The highest BCUT2D eigenvalue weighted by Crippen LogP contribution is 2.56. The summed E-state index contributed by atoms with van der Waals surface area (Å²) in [7, 11) is 0. The third kappa shape index (κ3) is 4.82. The van der Waals surface area contributed by atoms with Crippen LogP contribution in [0, 0.1) is 0 Å². The first-order valence-electron chi connectivity index (χ1n) is 19.4. The monoisotopic (exact) mass is 746 g/mol. The molecule has 0 N–H and O–H groups in total. The molecule has 0 radical (unpaired) electrons. The van der Waals surface area contributed by atoms with E-state index < -0.39 is 0 Å². The number of aromatic nitrogens is 3. The van der Waals surface area contributed by atoms with Crippen molar-refractivity contribution in [3.05, 3.63) is 181 Å². The normalized spacial score (nSPS) is 13.5. The standard InChI is InChI=1S/C52H34N4S/c1-52(2)41-19-7-8-20-43(41)56(48-39-26-24-32-15-10-14-31-22-23-34(30-42(48)52)47(39)46(31)32)37-17-11-16-35(28-37)50-53-49(33-12-4-3-5-13-33)54-51(55-50)36-25-27-45-40(29-36)38-18-6-9-21-44(38)57-45/h3-30H,1-2H3. The van der Waals surface area contributed by atoms with Crippen LogP contribution in [0.5, 0.6) is 0 Å². The predicted molar refractivity (Wildman–Crippen MR) is 240 cm³/mol. The second kappa shape index (κ2) is 12.0. The molecule has 2 aromatic heterocycles. The van der Waals surface area contributed by atoms with Gasteiger partial charge in [-0.1, -0.05) is 135 Å². The highest BCUT2D eigenvalue weighted by atomic mass is 32.1. The number of hydrogen-bond donors (Lipinski definition) is 0. The average molecular weight is 747 g/mol. The molecule has 0 atom stereocenters. The number of fused-ring (bicyclic) bond motifs is 6. The minimum Gasteiger partial charge on any atom is -0.309 e. The first-order chi connectivity index (χ1) is 28.0. The Morgan fingerprint density at radius 3 is 1.93 bits per heavy atom. The zero-order valence-corrected chi connectivity index (χ0v) is 32.2. The van der Waals surface area contributed by atoms with Crippen LogP contribution in [-0.4, -0.2) is 15.0 Å². The van der Waals surface area contributed by atoms with Gasteiger partial charge in [-0.25, -0.2) is 15.0 Å². The number of para-hydroxylation sites is 1. The number of hydrogen-bond acceptors (Lipinski definition) is 5. The summed E-state index contributed by atoms with van der Waals surface area (Å²) in [4.78, 5) is 18.0. The van der Waals surface area contributed by atoms with Gasteiger partial charge in [0.25, 0.3) is 0 Å². The van der Waals surface area contributed by atoms with E-state index in [1.165, 1.54) is 75.0 Å². The van der Waals surface area contributed by atoms with Gasteiger partial charge in [0.2, 0.25) is 0 Å². The zero-order chi connectivity index (χ0) is 37.8. The van der Waals surface area contributed by atoms with E-state index in [0.717, 1.165) is 22.4 Å². The Morgan fingerprint density at radius 1 is 0.439 bits per heavy atom. The van der Waals surface area contributed by atoms with Crippen LogP contribution in [0.15, 0.2) is 170 Å². The minimum atomic E-state index is -0.229. The minimum absolute atomic E-state index is 0.229. The van der Waals surface area contributed by atoms with E-state index in [0.29, 0.717) is 17.5 Å². The van der Waals surface area contributed by atoms with Gasteiger partial charge in [-0.05, 0) is 86.6 Å². The van der Waals surface area contributed by atoms with Gasteiger partial charge in [0.15, 0.2) is 17.5 Å². The van der Waals surface area contributed by atoms with E-state index in [2.05, 4.69) is 170 Å². The van der Waals surface area contributed by atoms with E-state index >= 15 is 0 Å². The van der Waals surface area contributed by atoms with Gasteiger partial charge in [0.05, 0.1) is 11.4 Å². The topological polar surface area (TPSA) is 41.9 Å². The fourth-order valence-corrected chi connectivity index (χ4v) is 10.3. The molecule has 0 amide bonds. The SMILES string of the molecule is CC1(C)c2ccccc2N(c2cccc(-c3nc(-c4ccccc4)nc(-c4ccc5sc6ccccc6c5c4)n3)c2)c2c1cc1ccc3cccc4ccc2c1c34. The molecule has 4 nitrogen and oxygen atoms in total. The fourth-order valence-electron chi connectivity index (χ4n) is 9.24. The lowest BCUT2D eigenvalue weighted by Gasteiger charge is -2.43. The Hall–Kier alpha value is -6.95. The second-order valence-corrected chi connectivity index (χ2v) is 16.7. The Kier molecular flexibility index (Phi) is 6.82. The first-order valence-corrected chi connectivity index (χ1v) is 20.3. The molecule has 0 unspecified atom stereocenters. The van der Waals surface area contributed by atoms with Crippen molar-refractivity contribution in [3.8, 4) is 34.2 Å². The van der Waals surface area contributed by atoms with Crippen LogP contribution in [0.1, 0.15) is 25.0 Å². The Balaban J connectivity index is 1.08. The van der Waals surface area contributed by atoms with Crippen molar-refractivity contribution in [1.29, 1.82) is 0 Å². The smallest absolute Gasteiger partial charge is 0.164 e. The second-order valence-electron chi connectivity index (χ2n) is 15.6. The zero-order valence-electron chi connectivity index (χ0n) is 31.4. The summed E-state index contributed by atoms with van der Waals surface area (Å²) in [5, 5.41) is 10.2. The summed E-state index contributed by atoms with van der Waals surface area (Å²) in [6.07, 6.45) is 0. The van der Waals surface area contributed by atoms with Gasteiger partial charge in [0, 0.05) is 53.4 Å². The molecule has 3 heterocycles. The van der Waals surface area contributed by atoms with Crippen molar-refractivity contribution in [3.63, 3.8) is 0 Å². The van der Waals surface area contributed by atoms with Crippen molar-refractivity contribution in [2.24, 2.45) is 0 Å². The number of anilines is 3. The molecular formula is C52H34N4S. The van der Waals surface area contributed by atoms with E-state index in [-0.39, 0.29) is 5.41 Å². The molecule has 11 aromatic rings. The number of nitrogens with zero attached hydrogens (tertiary/aromatic N) is 4. The molecule has 5 heteroatoms. The van der Waals surface area contributed by atoms with E-state index in [4.69, 9.17) is 15.0 Å². The van der Waals surface area contributed by atoms with Gasteiger partial charge in [0.1, 0.15) is 0 Å². The van der Waals surface area contributed by atoms with E-state index in [1.54, 1.807) is 0 Å². The maximum Gasteiger partial charge on any atom is 0.164 e. The van der Waals surface area contributed by atoms with Crippen LogP contribution in [0.4, 0.5) is 17.1 Å². The summed E-state index contributed by atoms with van der Waals surface area (Å²) in [6, 6.07) is 61.3. The largest absolute Gasteiger partial charge is 0.309 e. The molecule has 0 spiro atoms. The van der Waals surface area contributed by atoms with E-state index in [1.807, 2.05) is 29.5 Å². The molecule has 0 saturated heterocycles. The molecule has 0 fully saturated rings. The van der Waals surface area contributed by atoms with Crippen LogP contribution in [0.25, 0.3) is 86.7 Å². The highest BCUT2D eigenvalue weighted by molar-refractivity contribution is 7.25. The Morgan fingerprint density at radius 2 is 1.09 bits per heavy atom. The Bertz CT molecular complexity index is 3390. The number of rotatable bonds is 4. The molecule has 12 rings (SSSR count). The average Bonchev–Trinajstić information content (AvgIpc) is 3.64. The van der Waals surface area contributed by atoms with Gasteiger partial charge in [-0.2, -0.15) is 0 Å². The quantitative estimate of drug-likeness (QED) is 0.168. The summed E-state index contributed by atoms with van der Waals surface area (Å²) in [5.74, 6) is 1.94. The number of thiophene rings is 1. The molecule has 9 aromatic carbocycles. The summed E-state index contributed by atoms with van der Waals surface area (Å²) in [6.45, 7) is 4.73. The van der Waals surface area contributed by atoms with Gasteiger partial charge in [-0.15, -0.1) is 11.3 Å². The van der Waals surface area contributed by atoms with Gasteiger partial charge >= 0.3 is 0 Å². The maximum absolute atomic E-state index is 5.24. The molecule has 1 aliphatic heterocycles. The predicted octanol–water partition coefficient (Wildman–Crippen LogP) is 14.2. The lowest BCUT2D eigenvalue weighted by molar-refractivity contribution is 0.634. The van der Waals surface area contributed by atoms with Gasteiger partial charge in [-0.3, -0.25) is 0 Å². The lowest BCUT2D eigenvalue weighted by Crippen LogP contribution is -2.30. The van der Waals surface area contributed by atoms with Crippen LogP contribution in [-0.2, 0) is 5.41 Å². The van der Waals surface area contributed by atoms with Crippen molar-refractivity contribution >= 4 is 80.9 Å². The molecule has 1 aliphatic rings. The molecular weight excluding hydrogens is 713 g/mol. The van der Waals surface area contributed by atoms with Crippen LogP contribution in [0.2, 0.25) is 0 Å². The molecule has 0 aliphatic carbocycles. The van der Waals surface area contributed by atoms with Crippen molar-refractivity contribution in [2.45, 2.75) is 19.3 Å². The molecule has 0 bridgehead atoms. The van der Waals surface area contributed by atoms with Crippen LogP contribution >= 0.6 is 11.3 Å². The number of benzene rings is 9. The first kappa shape index (κ1) is 32.3. The van der Waals surface area contributed by atoms with E-state index in [9.17, 15) is 0 Å². The third-order valence-corrected chi connectivity index (χ3v) is 13.2. The third-order valence-electron chi connectivity index (χ3n) is 12.0. The lowest BCUT2D eigenvalue weighted by atomic mass is 9.72. The van der Waals surface area contributed by atoms with Crippen molar-refractivity contribution in [1.82, 2.24) is 15.0 Å². The fraction of sp³-hybridized carbons (Fsp3) is 0.0577. The molecule has 268 valence electrons. The maximum atomic E-state index is 5.24. The summed E-state index contributed by atoms with van der Waals surface area (Å²) in [5.41, 5.74) is 8.67.